The second-order valence-electron chi connectivity index (χ2n) is 10.6. The number of hydrogen-bond donors (Lipinski definition) is 2. The first-order valence-electron chi connectivity index (χ1n) is 12.2. The lowest BCUT2D eigenvalue weighted by Crippen LogP contribution is -2.51. The molecule has 35 heavy (non-hydrogen) atoms. The van der Waals surface area contributed by atoms with Crippen LogP contribution in [0.2, 0.25) is 0 Å². The van der Waals surface area contributed by atoms with Crippen LogP contribution < -0.4 is 10.5 Å². The fraction of sp³-hybridized carbons (Fsp3) is 0.520. The van der Waals surface area contributed by atoms with Crippen molar-refractivity contribution in [2.24, 2.45) is 5.41 Å². The molecular formula is C25H30N6O4. The molecule has 1 aromatic carbocycles. The molecule has 0 bridgehead atoms. The molecule has 3 aliphatic rings. The van der Waals surface area contributed by atoms with Crippen molar-refractivity contribution in [1.29, 1.82) is 0 Å². The van der Waals surface area contributed by atoms with Gasteiger partial charge >= 0.3 is 0 Å². The van der Waals surface area contributed by atoms with Gasteiger partial charge in [-0.15, -0.1) is 0 Å². The summed E-state index contributed by atoms with van der Waals surface area (Å²) in [7, 11) is 0. The SMILES string of the molecule is CC1(C(=O)N2CCC(O)(Cn3cnc4c(cnn4-c4cccc(N5CC(O)C5)c4)c3=O)CC2)CC1. The lowest BCUT2D eigenvalue weighted by molar-refractivity contribution is -0.141. The maximum absolute atomic E-state index is 13.2. The van der Waals surface area contributed by atoms with E-state index in [2.05, 4.69) is 15.0 Å². The summed E-state index contributed by atoms with van der Waals surface area (Å²) < 4.78 is 3.09. The van der Waals surface area contributed by atoms with Crippen molar-refractivity contribution in [2.75, 3.05) is 31.1 Å². The largest absolute Gasteiger partial charge is 0.389 e. The van der Waals surface area contributed by atoms with E-state index < -0.39 is 5.60 Å². The third-order valence-corrected chi connectivity index (χ3v) is 7.82. The van der Waals surface area contributed by atoms with Crippen LogP contribution in [0.15, 0.2) is 41.6 Å². The van der Waals surface area contributed by atoms with E-state index in [1.807, 2.05) is 36.1 Å². The fourth-order valence-corrected chi connectivity index (χ4v) is 5.12. The van der Waals surface area contributed by atoms with Crippen LogP contribution in [0.25, 0.3) is 16.7 Å². The Morgan fingerprint density at radius 3 is 2.54 bits per heavy atom. The van der Waals surface area contributed by atoms with E-state index in [4.69, 9.17) is 0 Å². The van der Waals surface area contributed by atoms with E-state index in [0.29, 0.717) is 50.1 Å². The van der Waals surface area contributed by atoms with Gasteiger partial charge in [0.2, 0.25) is 5.91 Å². The van der Waals surface area contributed by atoms with Crippen molar-refractivity contribution < 1.29 is 15.0 Å². The Morgan fingerprint density at radius 1 is 1.14 bits per heavy atom. The Labute approximate surface area is 202 Å². The van der Waals surface area contributed by atoms with Crippen molar-refractivity contribution in [2.45, 2.75) is 50.9 Å². The predicted molar refractivity (Wildman–Crippen MR) is 129 cm³/mol. The number of aliphatic hydroxyl groups excluding tert-OH is 1. The van der Waals surface area contributed by atoms with Crippen molar-refractivity contribution in [3.8, 4) is 5.69 Å². The number of aliphatic hydroxyl groups is 2. The molecule has 2 saturated heterocycles. The molecule has 2 aliphatic heterocycles. The minimum Gasteiger partial charge on any atom is -0.389 e. The van der Waals surface area contributed by atoms with Gasteiger partial charge in [0.25, 0.3) is 5.56 Å². The second-order valence-corrected chi connectivity index (χ2v) is 10.6. The molecule has 2 N–H and O–H groups in total. The minimum absolute atomic E-state index is 0.131. The van der Waals surface area contributed by atoms with Crippen molar-refractivity contribution in [3.05, 3.63) is 47.1 Å². The van der Waals surface area contributed by atoms with Crippen LogP contribution in [0.1, 0.15) is 32.6 Å². The molecule has 6 rings (SSSR count). The summed E-state index contributed by atoms with van der Waals surface area (Å²) in [6, 6.07) is 7.76. The van der Waals surface area contributed by atoms with Gasteiger partial charge in [-0.1, -0.05) is 13.0 Å². The first-order valence-corrected chi connectivity index (χ1v) is 12.2. The molecule has 184 valence electrons. The zero-order valence-electron chi connectivity index (χ0n) is 19.8. The third-order valence-electron chi connectivity index (χ3n) is 7.82. The number of anilines is 1. The van der Waals surface area contributed by atoms with Gasteiger partial charge in [0.15, 0.2) is 5.65 Å². The van der Waals surface area contributed by atoms with Crippen LogP contribution in [-0.2, 0) is 11.3 Å². The number of β-amino-alcohol motifs (C(OH)–C–C–N with tert-alkyl or cyclic N) is 1. The van der Waals surface area contributed by atoms with Crippen LogP contribution in [0, 0.1) is 5.41 Å². The number of nitrogens with zero attached hydrogens (tertiary/aromatic N) is 6. The molecule has 0 spiro atoms. The number of benzene rings is 1. The summed E-state index contributed by atoms with van der Waals surface area (Å²) in [4.78, 5) is 34.3. The van der Waals surface area contributed by atoms with Crippen molar-refractivity contribution in [1.82, 2.24) is 24.2 Å². The van der Waals surface area contributed by atoms with Crippen LogP contribution in [-0.4, -0.2) is 78.2 Å². The van der Waals surface area contributed by atoms with E-state index in [9.17, 15) is 19.8 Å². The van der Waals surface area contributed by atoms with Crippen LogP contribution in [0.3, 0.4) is 0 Å². The molecule has 0 radical (unpaired) electrons. The number of carbonyl (C=O) groups excluding carboxylic acids is 1. The number of amides is 1. The number of hydrogen-bond acceptors (Lipinski definition) is 7. The molecule has 1 amide bonds. The molecule has 0 unspecified atom stereocenters. The number of carbonyl (C=O) groups is 1. The van der Waals surface area contributed by atoms with Gasteiger partial charge in [0.05, 0.1) is 30.1 Å². The Morgan fingerprint density at radius 2 is 1.86 bits per heavy atom. The topological polar surface area (TPSA) is 117 Å². The molecule has 3 aromatic rings. The highest BCUT2D eigenvalue weighted by atomic mass is 16.3. The Kier molecular flexibility index (Phi) is 5.01. The molecule has 10 nitrogen and oxygen atoms in total. The molecule has 1 aliphatic carbocycles. The van der Waals surface area contributed by atoms with Crippen LogP contribution in [0.5, 0.6) is 0 Å². The number of fused-ring (bicyclic) bond motifs is 1. The molecule has 1 saturated carbocycles. The van der Waals surface area contributed by atoms with E-state index in [1.54, 1.807) is 4.68 Å². The zero-order valence-corrected chi connectivity index (χ0v) is 19.8. The Balaban J connectivity index is 1.21. The van der Waals surface area contributed by atoms with Gasteiger partial charge in [0, 0.05) is 37.3 Å². The van der Waals surface area contributed by atoms with E-state index >= 15 is 0 Å². The number of likely N-dealkylation sites (tertiary alicyclic amines) is 1. The summed E-state index contributed by atoms with van der Waals surface area (Å²) in [5.41, 5.74) is 0.693. The smallest absolute Gasteiger partial charge is 0.264 e. The van der Waals surface area contributed by atoms with E-state index in [1.165, 1.54) is 17.1 Å². The van der Waals surface area contributed by atoms with Gasteiger partial charge in [-0.25, -0.2) is 9.67 Å². The highest BCUT2D eigenvalue weighted by Gasteiger charge is 2.48. The van der Waals surface area contributed by atoms with Gasteiger partial charge in [0.1, 0.15) is 11.7 Å². The predicted octanol–water partition coefficient (Wildman–Crippen LogP) is 0.917. The summed E-state index contributed by atoms with van der Waals surface area (Å²) in [6.45, 7) is 4.32. The molecule has 2 aromatic heterocycles. The summed E-state index contributed by atoms with van der Waals surface area (Å²) in [6.07, 6.45) is 5.42. The van der Waals surface area contributed by atoms with Gasteiger partial charge in [-0.3, -0.25) is 14.2 Å². The lowest BCUT2D eigenvalue weighted by atomic mass is 9.90. The first kappa shape index (κ1) is 22.2. The molecule has 0 atom stereocenters. The molecular weight excluding hydrogens is 448 g/mol. The lowest BCUT2D eigenvalue weighted by Gasteiger charge is -2.39. The number of piperidine rings is 1. The fourth-order valence-electron chi connectivity index (χ4n) is 5.12. The maximum atomic E-state index is 13.2. The van der Waals surface area contributed by atoms with Crippen LogP contribution in [0.4, 0.5) is 5.69 Å². The van der Waals surface area contributed by atoms with E-state index in [0.717, 1.165) is 24.2 Å². The summed E-state index contributed by atoms with van der Waals surface area (Å²) >= 11 is 0. The van der Waals surface area contributed by atoms with Crippen LogP contribution >= 0.6 is 0 Å². The minimum atomic E-state index is -1.06. The third kappa shape index (κ3) is 3.90. The van der Waals surface area contributed by atoms with Gasteiger partial charge in [-0.2, -0.15) is 5.10 Å². The average Bonchev–Trinajstić information content (AvgIpc) is 3.43. The number of rotatable bonds is 5. The van der Waals surface area contributed by atoms with Crippen molar-refractivity contribution in [3.63, 3.8) is 0 Å². The highest BCUT2D eigenvalue weighted by molar-refractivity contribution is 5.85. The highest BCUT2D eigenvalue weighted by Crippen LogP contribution is 2.47. The average molecular weight is 479 g/mol. The molecule has 10 heteroatoms. The molecule has 4 heterocycles. The quantitative estimate of drug-likeness (QED) is 0.560. The second kappa shape index (κ2) is 7.89. The Bertz CT molecular complexity index is 1350. The zero-order chi connectivity index (χ0) is 24.4. The van der Waals surface area contributed by atoms with E-state index in [-0.39, 0.29) is 29.5 Å². The monoisotopic (exact) mass is 478 g/mol. The molecule has 3 fully saturated rings. The van der Waals surface area contributed by atoms with Gasteiger partial charge < -0.3 is 20.0 Å². The summed E-state index contributed by atoms with van der Waals surface area (Å²) in [5.74, 6) is 0.182. The number of aromatic nitrogens is 4. The maximum Gasteiger partial charge on any atom is 0.264 e. The standard InChI is InChI=1S/C25H30N6O4/c1-24(5-6-24)23(34)28-9-7-25(35,8-10-28)15-30-16-26-21-20(22(30)33)12-27-31(21)18-4-2-3-17(11-18)29-13-19(32)14-29/h2-4,11-12,16,19,32,35H,5-10,13-15H2,1H3. The Hall–Kier alpha value is -3.24. The normalized spacial score (nSPS) is 21.2. The van der Waals surface area contributed by atoms with Crippen molar-refractivity contribution >= 4 is 22.6 Å². The first-order chi connectivity index (χ1) is 16.7. The summed E-state index contributed by atoms with van der Waals surface area (Å²) in [5, 5.41) is 25.6. The van der Waals surface area contributed by atoms with Gasteiger partial charge in [-0.05, 0) is 43.9 Å².